The SMILES string of the molecule is O=C(COc1ccc(F)cc1)NCCn1c(-c2ccncc2)nc2cccnc21. The van der Waals surface area contributed by atoms with Gasteiger partial charge in [0.25, 0.3) is 5.91 Å². The van der Waals surface area contributed by atoms with Crippen LogP contribution in [0.1, 0.15) is 0 Å². The number of imidazole rings is 1. The molecule has 0 radical (unpaired) electrons. The lowest BCUT2D eigenvalue weighted by Crippen LogP contribution is -2.31. The first-order valence-electron chi connectivity index (χ1n) is 9.07. The zero-order valence-electron chi connectivity index (χ0n) is 15.5. The average molecular weight is 391 g/mol. The molecule has 0 saturated heterocycles. The Kier molecular flexibility index (Phi) is 5.42. The van der Waals surface area contributed by atoms with E-state index in [0.717, 1.165) is 22.6 Å². The minimum Gasteiger partial charge on any atom is -0.484 e. The Labute approximate surface area is 166 Å². The van der Waals surface area contributed by atoms with Crippen LogP contribution < -0.4 is 10.1 Å². The summed E-state index contributed by atoms with van der Waals surface area (Å²) in [5.74, 6) is 0.578. The van der Waals surface area contributed by atoms with Gasteiger partial charge in [0.05, 0.1) is 0 Å². The minimum absolute atomic E-state index is 0.147. The van der Waals surface area contributed by atoms with Crippen LogP contribution in [0, 0.1) is 5.82 Å². The highest BCUT2D eigenvalue weighted by atomic mass is 19.1. The van der Waals surface area contributed by atoms with Crippen molar-refractivity contribution in [3.63, 3.8) is 0 Å². The lowest BCUT2D eigenvalue weighted by molar-refractivity contribution is -0.123. The molecule has 3 heterocycles. The summed E-state index contributed by atoms with van der Waals surface area (Å²) >= 11 is 0. The summed E-state index contributed by atoms with van der Waals surface area (Å²) in [5.41, 5.74) is 2.45. The molecule has 0 spiro atoms. The Bertz CT molecular complexity index is 1110. The number of nitrogens with one attached hydrogen (secondary N) is 1. The molecular formula is C21H18FN5O2. The van der Waals surface area contributed by atoms with E-state index in [0.29, 0.717) is 18.8 Å². The molecule has 0 aliphatic carbocycles. The normalized spacial score (nSPS) is 10.8. The fraction of sp³-hybridized carbons (Fsp3) is 0.143. The Morgan fingerprint density at radius 1 is 1.07 bits per heavy atom. The summed E-state index contributed by atoms with van der Waals surface area (Å²) < 4.78 is 20.2. The van der Waals surface area contributed by atoms with Crippen molar-refractivity contribution in [3.8, 4) is 17.1 Å². The third-order valence-corrected chi connectivity index (χ3v) is 4.28. The van der Waals surface area contributed by atoms with Gasteiger partial charge in [-0.15, -0.1) is 0 Å². The van der Waals surface area contributed by atoms with Gasteiger partial charge >= 0.3 is 0 Å². The van der Waals surface area contributed by atoms with Crippen LogP contribution in [0.25, 0.3) is 22.6 Å². The monoisotopic (exact) mass is 391 g/mol. The predicted molar refractivity (Wildman–Crippen MR) is 106 cm³/mol. The van der Waals surface area contributed by atoms with Crippen molar-refractivity contribution in [2.24, 2.45) is 0 Å². The average Bonchev–Trinajstić information content (AvgIpc) is 3.13. The number of fused-ring (bicyclic) bond motifs is 1. The van der Waals surface area contributed by atoms with Crippen molar-refractivity contribution < 1.29 is 13.9 Å². The quantitative estimate of drug-likeness (QED) is 0.524. The number of hydrogen-bond donors (Lipinski definition) is 1. The molecule has 0 aliphatic rings. The molecule has 1 N–H and O–H groups in total. The predicted octanol–water partition coefficient (Wildman–Crippen LogP) is 2.83. The van der Waals surface area contributed by atoms with Gasteiger partial charge in [-0.25, -0.2) is 14.4 Å². The van der Waals surface area contributed by atoms with Gasteiger partial charge in [-0.05, 0) is 48.5 Å². The Hall–Kier alpha value is -3.81. The standard InChI is InChI=1S/C21H18FN5O2/c22-16-3-5-17(6-4-16)29-14-19(28)24-12-13-27-20(15-7-10-23-11-8-15)26-18-2-1-9-25-21(18)27/h1-11H,12-14H2,(H,24,28). The van der Waals surface area contributed by atoms with Gasteiger partial charge in [-0.2, -0.15) is 0 Å². The van der Waals surface area contributed by atoms with Crippen LogP contribution in [0.15, 0.2) is 67.1 Å². The van der Waals surface area contributed by atoms with Crippen molar-refractivity contribution in [2.75, 3.05) is 13.2 Å². The van der Waals surface area contributed by atoms with Gasteiger partial charge in [0.15, 0.2) is 12.3 Å². The van der Waals surface area contributed by atoms with Crippen molar-refractivity contribution in [1.29, 1.82) is 0 Å². The molecule has 3 aromatic heterocycles. The van der Waals surface area contributed by atoms with E-state index in [9.17, 15) is 9.18 Å². The summed E-state index contributed by atoms with van der Waals surface area (Å²) in [5, 5.41) is 2.82. The maximum absolute atomic E-state index is 12.9. The molecule has 0 bridgehead atoms. The summed E-state index contributed by atoms with van der Waals surface area (Å²) in [4.78, 5) is 25.2. The Balaban J connectivity index is 1.41. The molecule has 29 heavy (non-hydrogen) atoms. The molecular weight excluding hydrogens is 373 g/mol. The van der Waals surface area contributed by atoms with Crippen LogP contribution >= 0.6 is 0 Å². The lowest BCUT2D eigenvalue weighted by atomic mass is 10.2. The van der Waals surface area contributed by atoms with Crippen LogP contribution in [0.3, 0.4) is 0 Å². The van der Waals surface area contributed by atoms with E-state index in [1.807, 2.05) is 28.8 Å². The second kappa shape index (κ2) is 8.47. The van der Waals surface area contributed by atoms with Crippen LogP contribution in [0.5, 0.6) is 5.75 Å². The number of ether oxygens (including phenoxy) is 1. The number of hydrogen-bond acceptors (Lipinski definition) is 5. The highest BCUT2D eigenvalue weighted by molar-refractivity contribution is 5.78. The largest absolute Gasteiger partial charge is 0.484 e. The Morgan fingerprint density at radius 2 is 1.86 bits per heavy atom. The molecule has 146 valence electrons. The number of benzene rings is 1. The molecule has 8 heteroatoms. The number of rotatable bonds is 7. The molecule has 0 unspecified atom stereocenters. The lowest BCUT2D eigenvalue weighted by Gasteiger charge is -2.10. The number of aromatic nitrogens is 4. The second-order valence-corrected chi connectivity index (χ2v) is 6.26. The topological polar surface area (TPSA) is 81.9 Å². The minimum atomic E-state index is -0.354. The second-order valence-electron chi connectivity index (χ2n) is 6.26. The van der Waals surface area contributed by atoms with Gasteiger partial charge < -0.3 is 14.6 Å². The first-order chi connectivity index (χ1) is 14.2. The fourth-order valence-corrected chi connectivity index (χ4v) is 2.93. The highest BCUT2D eigenvalue weighted by Crippen LogP contribution is 2.22. The van der Waals surface area contributed by atoms with E-state index >= 15 is 0 Å². The third kappa shape index (κ3) is 4.37. The van der Waals surface area contributed by atoms with Gasteiger partial charge in [0.2, 0.25) is 0 Å². The molecule has 0 fully saturated rings. The molecule has 0 atom stereocenters. The molecule has 7 nitrogen and oxygen atoms in total. The van der Waals surface area contributed by atoms with Crippen LogP contribution in [-0.4, -0.2) is 38.6 Å². The number of nitrogens with zero attached hydrogens (tertiary/aromatic N) is 4. The summed E-state index contributed by atoms with van der Waals surface area (Å²) in [6.07, 6.45) is 5.13. The highest BCUT2D eigenvalue weighted by Gasteiger charge is 2.13. The smallest absolute Gasteiger partial charge is 0.258 e. The number of pyridine rings is 2. The molecule has 0 aliphatic heterocycles. The first kappa shape index (κ1) is 18.5. The molecule has 4 aromatic rings. The van der Waals surface area contributed by atoms with E-state index < -0.39 is 0 Å². The van der Waals surface area contributed by atoms with Crippen molar-refractivity contribution in [2.45, 2.75) is 6.54 Å². The van der Waals surface area contributed by atoms with E-state index in [1.54, 1.807) is 18.6 Å². The van der Waals surface area contributed by atoms with Crippen molar-refractivity contribution in [1.82, 2.24) is 24.8 Å². The van der Waals surface area contributed by atoms with Gasteiger partial charge in [0, 0.05) is 37.2 Å². The summed E-state index contributed by atoms with van der Waals surface area (Å²) in [7, 11) is 0. The summed E-state index contributed by atoms with van der Waals surface area (Å²) in [6.45, 7) is 0.727. The van der Waals surface area contributed by atoms with Gasteiger partial charge in [-0.3, -0.25) is 9.78 Å². The first-order valence-corrected chi connectivity index (χ1v) is 9.07. The maximum atomic E-state index is 12.9. The number of carbonyl (C=O) groups is 1. The summed E-state index contributed by atoms with van der Waals surface area (Å²) in [6, 6.07) is 13.0. The van der Waals surface area contributed by atoms with E-state index in [1.165, 1.54) is 24.3 Å². The van der Waals surface area contributed by atoms with Crippen LogP contribution in [0.2, 0.25) is 0 Å². The maximum Gasteiger partial charge on any atom is 0.258 e. The van der Waals surface area contributed by atoms with Gasteiger partial charge in [-0.1, -0.05) is 0 Å². The molecule has 1 aromatic carbocycles. The number of halogens is 1. The number of amides is 1. The zero-order chi connectivity index (χ0) is 20.1. The fourth-order valence-electron chi connectivity index (χ4n) is 2.93. The Morgan fingerprint density at radius 3 is 2.66 bits per heavy atom. The van der Waals surface area contributed by atoms with Gasteiger partial charge in [0.1, 0.15) is 22.9 Å². The van der Waals surface area contributed by atoms with E-state index in [4.69, 9.17) is 4.74 Å². The van der Waals surface area contributed by atoms with Crippen LogP contribution in [0.4, 0.5) is 4.39 Å². The van der Waals surface area contributed by atoms with Crippen LogP contribution in [-0.2, 0) is 11.3 Å². The molecule has 4 rings (SSSR count). The van der Waals surface area contributed by atoms with Crippen molar-refractivity contribution in [3.05, 3.63) is 72.9 Å². The van der Waals surface area contributed by atoms with Crippen molar-refractivity contribution >= 4 is 17.1 Å². The third-order valence-electron chi connectivity index (χ3n) is 4.28. The molecule has 1 amide bonds. The number of carbonyl (C=O) groups excluding carboxylic acids is 1. The molecule has 0 saturated carbocycles. The van der Waals surface area contributed by atoms with E-state index in [-0.39, 0.29) is 18.3 Å². The zero-order valence-corrected chi connectivity index (χ0v) is 15.5. The van der Waals surface area contributed by atoms with E-state index in [2.05, 4.69) is 20.3 Å².